The van der Waals surface area contributed by atoms with E-state index in [1.807, 2.05) is 18.2 Å². The van der Waals surface area contributed by atoms with Crippen LogP contribution in [-0.2, 0) is 5.41 Å². The van der Waals surface area contributed by atoms with Crippen LogP contribution in [0.3, 0.4) is 0 Å². The Morgan fingerprint density at radius 3 is 2.23 bits per heavy atom. The third kappa shape index (κ3) is 3.25. The van der Waals surface area contributed by atoms with Crippen molar-refractivity contribution in [3.05, 3.63) is 77.5 Å². The summed E-state index contributed by atoms with van der Waals surface area (Å²) in [5.74, 6) is 0. The number of para-hydroxylation sites is 1. The molecule has 0 fully saturated rings. The van der Waals surface area contributed by atoms with Crippen LogP contribution in [0, 0.1) is 0 Å². The van der Waals surface area contributed by atoms with Crippen molar-refractivity contribution in [3.63, 3.8) is 0 Å². The van der Waals surface area contributed by atoms with Gasteiger partial charge in [-0.2, -0.15) is 0 Å². The molecule has 0 aliphatic rings. The molecule has 0 spiro atoms. The second-order valence-electron chi connectivity index (χ2n) is 6.63. The Bertz CT molecular complexity index is 805. The van der Waals surface area contributed by atoms with Gasteiger partial charge in [-0.05, 0) is 34.8 Å². The number of pyridine rings is 1. The molecule has 0 radical (unpaired) electrons. The highest BCUT2D eigenvalue weighted by molar-refractivity contribution is 5.80. The first-order valence-electron chi connectivity index (χ1n) is 7.67. The van der Waals surface area contributed by atoms with E-state index >= 15 is 0 Å². The fraction of sp³-hybridized carbons (Fsp3) is 0.190. The molecule has 0 amide bonds. The van der Waals surface area contributed by atoms with E-state index in [4.69, 9.17) is 0 Å². The lowest BCUT2D eigenvalue weighted by Crippen LogP contribution is -2.10. The summed E-state index contributed by atoms with van der Waals surface area (Å²) in [7, 11) is 0. The van der Waals surface area contributed by atoms with Gasteiger partial charge in [0.2, 0.25) is 0 Å². The molecule has 22 heavy (non-hydrogen) atoms. The monoisotopic (exact) mass is 287 g/mol. The summed E-state index contributed by atoms with van der Waals surface area (Å²) >= 11 is 0. The molecule has 0 aliphatic carbocycles. The first kappa shape index (κ1) is 14.5. The molecule has 1 nitrogen and oxygen atoms in total. The van der Waals surface area contributed by atoms with Gasteiger partial charge in [-0.25, -0.2) is 4.98 Å². The third-order valence-corrected chi connectivity index (χ3v) is 3.84. The Hall–Kier alpha value is -2.41. The molecule has 3 rings (SSSR count). The summed E-state index contributed by atoms with van der Waals surface area (Å²) in [6, 6.07) is 21.1. The van der Waals surface area contributed by atoms with E-state index < -0.39 is 0 Å². The maximum atomic E-state index is 4.66. The summed E-state index contributed by atoms with van der Waals surface area (Å²) < 4.78 is 0. The molecule has 0 unspecified atom stereocenters. The van der Waals surface area contributed by atoms with E-state index in [1.165, 1.54) is 16.5 Å². The zero-order chi connectivity index (χ0) is 15.6. The summed E-state index contributed by atoms with van der Waals surface area (Å²) in [4.78, 5) is 4.66. The molecule has 110 valence electrons. The van der Waals surface area contributed by atoms with Gasteiger partial charge < -0.3 is 0 Å². The van der Waals surface area contributed by atoms with Crippen molar-refractivity contribution in [2.45, 2.75) is 26.2 Å². The van der Waals surface area contributed by atoms with Gasteiger partial charge in [-0.3, -0.25) is 0 Å². The summed E-state index contributed by atoms with van der Waals surface area (Å²) in [6.45, 7) is 6.70. The molecule has 1 heteroatoms. The first-order chi connectivity index (χ1) is 10.5. The maximum absolute atomic E-state index is 4.66. The van der Waals surface area contributed by atoms with E-state index in [-0.39, 0.29) is 5.41 Å². The molecule has 2 aromatic carbocycles. The van der Waals surface area contributed by atoms with Gasteiger partial charge >= 0.3 is 0 Å². The highest BCUT2D eigenvalue weighted by atomic mass is 14.7. The summed E-state index contributed by atoms with van der Waals surface area (Å²) in [5.41, 5.74) is 4.77. The van der Waals surface area contributed by atoms with Crippen LogP contribution in [0.15, 0.2) is 60.7 Å². The van der Waals surface area contributed by atoms with Crippen LogP contribution in [0.25, 0.3) is 23.1 Å². The third-order valence-electron chi connectivity index (χ3n) is 3.84. The van der Waals surface area contributed by atoms with Gasteiger partial charge in [-0.1, -0.05) is 75.4 Å². The summed E-state index contributed by atoms with van der Waals surface area (Å²) in [6.07, 6.45) is 4.18. The lowest BCUT2D eigenvalue weighted by molar-refractivity contribution is 0.590. The predicted molar refractivity (Wildman–Crippen MR) is 95.8 cm³/mol. The van der Waals surface area contributed by atoms with Gasteiger partial charge in [0.15, 0.2) is 0 Å². The van der Waals surface area contributed by atoms with Crippen LogP contribution >= 0.6 is 0 Å². The second kappa shape index (κ2) is 5.76. The van der Waals surface area contributed by atoms with Crippen molar-refractivity contribution in [1.29, 1.82) is 0 Å². The molecule has 0 saturated heterocycles. The lowest BCUT2D eigenvalue weighted by atomic mass is 9.87. The minimum absolute atomic E-state index is 0.197. The van der Waals surface area contributed by atoms with Crippen LogP contribution in [-0.4, -0.2) is 4.98 Å². The van der Waals surface area contributed by atoms with Crippen molar-refractivity contribution in [2.24, 2.45) is 0 Å². The second-order valence-corrected chi connectivity index (χ2v) is 6.63. The van der Waals surface area contributed by atoms with Crippen LogP contribution < -0.4 is 0 Å². The van der Waals surface area contributed by atoms with Crippen molar-refractivity contribution in [2.75, 3.05) is 0 Å². The van der Waals surface area contributed by atoms with Crippen LogP contribution in [0.2, 0.25) is 0 Å². The minimum atomic E-state index is 0.197. The normalized spacial score (nSPS) is 12.1. The lowest BCUT2D eigenvalue weighted by Gasteiger charge is -2.18. The Kier molecular flexibility index (Phi) is 3.81. The standard InChI is InChI=1S/C21H21N/c1-21(2,3)18-12-8-16(9-13-18)10-14-19-15-11-17-6-4-5-7-20(17)22-19/h4-15H,1-3H3. The van der Waals surface area contributed by atoms with Crippen molar-refractivity contribution in [3.8, 4) is 0 Å². The highest BCUT2D eigenvalue weighted by Gasteiger charge is 2.12. The minimum Gasteiger partial charge on any atom is -0.248 e. The number of aromatic nitrogens is 1. The van der Waals surface area contributed by atoms with Crippen LogP contribution in [0.4, 0.5) is 0 Å². The topological polar surface area (TPSA) is 12.9 Å². The molecule has 1 heterocycles. The molecule has 0 aliphatic heterocycles. The van der Waals surface area contributed by atoms with E-state index in [1.54, 1.807) is 0 Å². The average Bonchev–Trinajstić information content (AvgIpc) is 2.52. The molecule has 0 N–H and O–H groups in total. The van der Waals surface area contributed by atoms with Gasteiger partial charge in [0.05, 0.1) is 11.2 Å². The number of hydrogen-bond acceptors (Lipinski definition) is 1. The molecule has 3 aromatic rings. The zero-order valence-electron chi connectivity index (χ0n) is 13.4. The fourth-order valence-corrected chi connectivity index (χ4v) is 2.45. The predicted octanol–water partition coefficient (Wildman–Crippen LogP) is 5.70. The molecular weight excluding hydrogens is 266 g/mol. The van der Waals surface area contributed by atoms with Gasteiger partial charge in [0, 0.05) is 5.39 Å². The van der Waals surface area contributed by atoms with Crippen LogP contribution in [0.5, 0.6) is 0 Å². The molecular formula is C21H21N. The zero-order valence-corrected chi connectivity index (χ0v) is 13.4. The largest absolute Gasteiger partial charge is 0.248 e. The number of rotatable bonds is 2. The fourth-order valence-electron chi connectivity index (χ4n) is 2.45. The van der Waals surface area contributed by atoms with Crippen molar-refractivity contribution >= 4 is 23.1 Å². The molecule has 0 saturated carbocycles. The van der Waals surface area contributed by atoms with Crippen molar-refractivity contribution in [1.82, 2.24) is 4.98 Å². The molecule has 0 atom stereocenters. The smallest absolute Gasteiger partial charge is 0.0709 e. The van der Waals surface area contributed by atoms with Crippen LogP contribution in [0.1, 0.15) is 37.6 Å². The van der Waals surface area contributed by atoms with Crippen molar-refractivity contribution < 1.29 is 0 Å². The quantitative estimate of drug-likeness (QED) is 0.589. The Morgan fingerprint density at radius 1 is 0.773 bits per heavy atom. The van der Waals surface area contributed by atoms with E-state index in [9.17, 15) is 0 Å². The molecule has 0 bridgehead atoms. The number of fused-ring (bicyclic) bond motifs is 1. The van der Waals surface area contributed by atoms with Gasteiger partial charge in [0.25, 0.3) is 0 Å². The van der Waals surface area contributed by atoms with Gasteiger partial charge in [0.1, 0.15) is 0 Å². The molecule has 1 aromatic heterocycles. The Labute approximate surface area is 132 Å². The van der Waals surface area contributed by atoms with Gasteiger partial charge in [-0.15, -0.1) is 0 Å². The first-order valence-corrected chi connectivity index (χ1v) is 7.67. The SMILES string of the molecule is CC(C)(C)c1ccc(C=Cc2ccc3ccccc3n2)cc1. The summed E-state index contributed by atoms with van der Waals surface area (Å²) in [5, 5.41) is 1.18. The maximum Gasteiger partial charge on any atom is 0.0709 e. The van der Waals surface area contributed by atoms with E-state index in [2.05, 4.69) is 80.4 Å². The highest BCUT2D eigenvalue weighted by Crippen LogP contribution is 2.22. The van der Waals surface area contributed by atoms with E-state index in [0.717, 1.165) is 11.2 Å². The number of benzene rings is 2. The number of hydrogen-bond donors (Lipinski definition) is 0. The van der Waals surface area contributed by atoms with E-state index in [0.29, 0.717) is 0 Å². The Morgan fingerprint density at radius 2 is 1.50 bits per heavy atom. The average molecular weight is 287 g/mol. The Balaban J connectivity index is 1.83. The number of nitrogens with zero attached hydrogens (tertiary/aromatic N) is 1.